The van der Waals surface area contributed by atoms with Crippen LogP contribution in [-0.2, 0) is 0 Å². The van der Waals surface area contributed by atoms with Gasteiger partial charge in [0.2, 0.25) is 0 Å². The number of fused-ring (bicyclic) bond motifs is 3. The summed E-state index contributed by atoms with van der Waals surface area (Å²) in [5.41, 5.74) is 4.08. The Morgan fingerprint density at radius 3 is 2.62 bits per heavy atom. The van der Waals surface area contributed by atoms with Crippen molar-refractivity contribution in [2.24, 2.45) is 5.92 Å². The first-order chi connectivity index (χ1) is 11.9. The van der Waals surface area contributed by atoms with Crippen LogP contribution in [0.3, 0.4) is 0 Å². The third-order valence-electron chi connectivity index (χ3n) is 5.42. The van der Waals surface area contributed by atoms with Crippen LogP contribution in [0.2, 0.25) is 0 Å². The summed E-state index contributed by atoms with van der Waals surface area (Å²) in [6, 6.07) is 17.9. The predicted octanol–water partition coefficient (Wildman–Crippen LogP) is 5.01. The minimum atomic E-state index is 0.369. The van der Waals surface area contributed by atoms with Crippen LogP contribution in [0.25, 0.3) is 0 Å². The molecule has 0 aromatic heterocycles. The van der Waals surface area contributed by atoms with Crippen LogP contribution < -0.4 is 10.1 Å². The molecule has 1 fully saturated rings. The van der Waals surface area contributed by atoms with Gasteiger partial charge in [0.25, 0.3) is 0 Å². The molecule has 2 nitrogen and oxygen atoms in total. The SMILES string of the molecule is C1=C[C@H]2c3ccccc3N[C@@H](c3ccc(OC4CSC4)cc3)[C@H]2C1. The lowest BCUT2D eigenvalue weighted by Crippen LogP contribution is -2.31. The zero-order valence-electron chi connectivity index (χ0n) is 13.5. The summed E-state index contributed by atoms with van der Waals surface area (Å²) in [7, 11) is 0. The van der Waals surface area contributed by atoms with Gasteiger partial charge in [-0.15, -0.1) is 0 Å². The highest BCUT2D eigenvalue weighted by Crippen LogP contribution is 2.49. The van der Waals surface area contributed by atoms with Crippen LogP contribution in [-0.4, -0.2) is 17.6 Å². The van der Waals surface area contributed by atoms with E-state index in [2.05, 4.69) is 66.0 Å². The average molecular weight is 335 g/mol. The topological polar surface area (TPSA) is 21.3 Å². The van der Waals surface area contributed by atoms with Gasteiger partial charge in [0.05, 0.1) is 6.04 Å². The Balaban J connectivity index is 1.42. The summed E-state index contributed by atoms with van der Waals surface area (Å²) in [6.45, 7) is 0. The van der Waals surface area contributed by atoms with E-state index >= 15 is 0 Å². The van der Waals surface area contributed by atoms with E-state index < -0.39 is 0 Å². The van der Waals surface area contributed by atoms with E-state index in [0.717, 1.165) is 23.7 Å². The molecule has 2 aliphatic heterocycles. The summed E-state index contributed by atoms with van der Waals surface area (Å²) in [5.74, 6) is 4.39. The standard InChI is InChI=1S/C21H21NOS/c1-2-7-20-18(4-1)17-5-3-6-19(17)21(22-20)14-8-10-15(11-9-14)23-16-12-24-13-16/h1-5,7-11,16-17,19,21-22H,6,12-13H2/t17-,19-,21-/m0/s1. The van der Waals surface area contributed by atoms with Gasteiger partial charge in [-0.05, 0) is 41.7 Å². The molecule has 0 unspecified atom stereocenters. The maximum absolute atomic E-state index is 5.98. The van der Waals surface area contributed by atoms with E-state index in [-0.39, 0.29) is 0 Å². The largest absolute Gasteiger partial charge is 0.489 e. The molecule has 1 saturated heterocycles. The molecule has 0 saturated carbocycles. The normalized spacial score (nSPS) is 27.8. The minimum absolute atomic E-state index is 0.369. The van der Waals surface area contributed by atoms with Gasteiger partial charge in [0.15, 0.2) is 0 Å². The molecule has 1 N–H and O–H groups in total. The lowest BCUT2D eigenvalue weighted by molar-refractivity contribution is 0.240. The van der Waals surface area contributed by atoms with Gasteiger partial charge in [-0.25, -0.2) is 0 Å². The molecule has 3 heteroatoms. The Hall–Kier alpha value is -1.87. The Labute approximate surface area is 147 Å². The van der Waals surface area contributed by atoms with Gasteiger partial charge in [-0.3, -0.25) is 0 Å². The first-order valence-corrected chi connectivity index (χ1v) is 9.90. The molecular weight excluding hydrogens is 314 g/mol. The zero-order valence-corrected chi connectivity index (χ0v) is 14.3. The predicted molar refractivity (Wildman–Crippen MR) is 101 cm³/mol. The van der Waals surface area contributed by atoms with Gasteiger partial charge >= 0.3 is 0 Å². The molecule has 0 bridgehead atoms. The van der Waals surface area contributed by atoms with Crippen molar-refractivity contribution in [2.45, 2.75) is 24.5 Å². The van der Waals surface area contributed by atoms with Gasteiger partial charge in [-0.2, -0.15) is 11.8 Å². The molecule has 1 aliphatic carbocycles. The average Bonchev–Trinajstić information content (AvgIpc) is 3.08. The molecule has 122 valence electrons. The fourth-order valence-electron chi connectivity index (χ4n) is 4.10. The van der Waals surface area contributed by atoms with E-state index in [9.17, 15) is 0 Å². The zero-order chi connectivity index (χ0) is 15.9. The lowest BCUT2D eigenvalue weighted by Gasteiger charge is -2.37. The van der Waals surface area contributed by atoms with E-state index in [4.69, 9.17) is 4.74 Å². The molecule has 3 aliphatic rings. The number of hydrogen-bond donors (Lipinski definition) is 1. The summed E-state index contributed by atoms with van der Waals surface area (Å²) >= 11 is 1.95. The lowest BCUT2D eigenvalue weighted by atomic mass is 9.77. The number of allylic oxidation sites excluding steroid dienone is 2. The van der Waals surface area contributed by atoms with Crippen LogP contribution in [0.4, 0.5) is 5.69 Å². The number of para-hydroxylation sites is 1. The van der Waals surface area contributed by atoms with Crippen molar-refractivity contribution in [3.05, 3.63) is 71.8 Å². The first kappa shape index (κ1) is 14.5. The number of rotatable bonds is 3. The molecule has 2 aromatic rings. The Morgan fingerprint density at radius 1 is 1.00 bits per heavy atom. The van der Waals surface area contributed by atoms with Crippen molar-refractivity contribution in [1.82, 2.24) is 0 Å². The highest BCUT2D eigenvalue weighted by Gasteiger charge is 2.37. The molecule has 24 heavy (non-hydrogen) atoms. The molecule has 0 radical (unpaired) electrons. The van der Waals surface area contributed by atoms with Crippen molar-refractivity contribution in [3.63, 3.8) is 0 Å². The first-order valence-electron chi connectivity index (χ1n) is 8.75. The van der Waals surface area contributed by atoms with Gasteiger partial charge in [0.1, 0.15) is 11.9 Å². The third-order valence-corrected chi connectivity index (χ3v) is 6.64. The van der Waals surface area contributed by atoms with Crippen molar-refractivity contribution < 1.29 is 4.74 Å². The second kappa shape index (κ2) is 5.89. The quantitative estimate of drug-likeness (QED) is 0.797. The molecule has 0 amide bonds. The smallest absolute Gasteiger partial charge is 0.119 e. The summed E-state index contributed by atoms with van der Waals surface area (Å²) in [5, 5.41) is 3.78. The van der Waals surface area contributed by atoms with E-state index in [1.165, 1.54) is 16.8 Å². The summed E-state index contributed by atoms with van der Waals surface area (Å²) in [6.07, 6.45) is 6.29. The van der Waals surface area contributed by atoms with Gasteiger partial charge in [0, 0.05) is 23.1 Å². The van der Waals surface area contributed by atoms with Crippen LogP contribution in [0.1, 0.15) is 29.5 Å². The second-order valence-corrected chi connectivity index (χ2v) is 7.98. The van der Waals surface area contributed by atoms with E-state index in [0.29, 0.717) is 24.0 Å². The van der Waals surface area contributed by atoms with E-state index in [1.54, 1.807) is 0 Å². The van der Waals surface area contributed by atoms with Crippen molar-refractivity contribution in [3.8, 4) is 5.75 Å². The maximum atomic E-state index is 5.98. The number of ether oxygens (including phenoxy) is 1. The van der Waals surface area contributed by atoms with Gasteiger partial charge in [-0.1, -0.05) is 42.5 Å². The number of benzene rings is 2. The third kappa shape index (κ3) is 2.42. The highest BCUT2D eigenvalue weighted by atomic mass is 32.2. The Kier molecular flexibility index (Phi) is 3.55. The van der Waals surface area contributed by atoms with Crippen molar-refractivity contribution in [2.75, 3.05) is 16.8 Å². The van der Waals surface area contributed by atoms with Crippen LogP contribution in [0.15, 0.2) is 60.7 Å². The van der Waals surface area contributed by atoms with Crippen molar-refractivity contribution >= 4 is 17.4 Å². The Bertz CT molecular complexity index is 766. The maximum Gasteiger partial charge on any atom is 0.119 e. The summed E-state index contributed by atoms with van der Waals surface area (Å²) < 4.78 is 5.98. The molecule has 2 aromatic carbocycles. The van der Waals surface area contributed by atoms with Gasteiger partial charge < -0.3 is 10.1 Å². The van der Waals surface area contributed by atoms with Crippen molar-refractivity contribution in [1.29, 1.82) is 0 Å². The fraction of sp³-hybridized carbons (Fsp3) is 0.333. The summed E-state index contributed by atoms with van der Waals surface area (Å²) in [4.78, 5) is 0. The number of anilines is 1. The number of hydrogen-bond acceptors (Lipinski definition) is 3. The van der Waals surface area contributed by atoms with Crippen LogP contribution in [0, 0.1) is 5.92 Å². The van der Waals surface area contributed by atoms with E-state index in [1.807, 2.05) is 11.8 Å². The number of thioether (sulfide) groups is 1. The molecule has 5 rings (SSSR count). The van der Waals surface area contributed by atoms with Crippen LogP contribution >= 0.6 is 11.8 Å². The molecular formula is C21H21NOS. The monoisotopic (exact) mass is 335 g/mol. The number of nitrogens with one attached hydrogen (secondary N) is 1. The molecule has 3 atom stereocenters. The second-order valence-electron chi connectivity index (χ2n) is 6.91. The highest BCUT2D eigenvalue weighted by molar-refractivity contribution is 8.00. The Morgan fingerprint density at radius 2 is 1.83 bits per heavy atom. The molecule has 2 heterocycles. The molecule has 0 spiro atoms. The van der Waals surface area contributed by atoms with Crippen LogP contribution in [0.5, 0.6) is 5.75 Å². The fourth-order valence-corrected chi connectivity index (χ4v) is 4.67. The minimum Gasteiger partial charge on any atom is -0.489 e.